The molecule has 4 N–H and O–H groups in total. The molecule has 0 bridgehead atoms. The first-order chi connectivity index (χ1) is 10.2. The molecule has 0 fully saturated rings. The summed E-state index contributed by atoms with van der Waals surface area (Å²) in [7, 11) is 1.48. The third kappa shape index (κ3) is 5.90. The zero-order valence-corrected chi connectivity index (χ0v) is 13.4. The summed E-state index contributed by atoms with van der Waals surface area (Å²) in [4.78, 5) is 23.4. The fourth-order valence-corrected chi connectivity index (χ4v) is 1.61. The summed E-state index contributed by atoms with van der Waals surface area (Å²) in [5.74, 6) is 0.170. The van der Waals surface area contributed by atoms with Crippen molar-refractivity contribution in [3.63, 3.8) is 0 Å². The van der Waals surface area contributed by atoms with Gasteiger partial charge in [-0.3, -0.25) is 4.79 Å². The van der Waals surface area contributed by atoms with Crippen molar-refractivity contribution in [1.82, 2.24) is 10.6 Å². The highest BCUT2D eigenvalue weighted by molar-refractivity contribution is 5.95. The van der Waals surface area contributed by atoms with Crippen molar-refractivity contribution in [3.05, 3.63) is 23.8 Å². The highest BCUT2D eigenvalue weighted by atomic mass is 16.6. The molecule has 0 atom stereocenters. The number of rotatable bonds is 5. The van der Waals surface area contributed by atoms with Gasteiger partial charge in [0.05, 0.1) is 12.8 Å². The van der Waals surface area contributed by atoms with Gasteiger partial charge in [0.2, 0.25) is 0 Å². The van der Waals surface area contributed by atoms with E-state index in [-0.39, 0.29) is 19.0 Å². The standard InChI is InChI=1S/C15H23N3O4/c1-15(2,3)22-14(20)18-8-7-17-13(19)10-5-6-11(16)12(9-10)21-4/h5-6,9H,7-8,16H2,1-4H3,(H,17,19)(H,18,20). The van der Waals surface area contributed by atoms with Gasteiger partial charge in [0.15, 0.2) is 0 Å². The Bertz CT molecular complexity index is 538. The van der Waals surface area contributed by atoms with Crippen LogP contribution in [0.4, 0.5) is 10.5 Å². The molecular formula is C15H23N3O4. The topological polar surface area (TPSA) is 103 Å². The Morgan fingerprint density at radius 2 is 1.82 bits per heavy atom. The lowest BCUT2D eigenvalue weighted by molar-refractivity contribution is 0.0526. The third-order valence-electron chi connectivity index (χ3n) is 2.57. The number of carbonyl (C=O) groups excluding carboxylic acids is 2. The lowest BCUT2D eigenvalue weighted by atomic mass is 10.2. The first kappa shape index (κ1) is 17.6. The number of ether oxygens (including phenoxy) is 2. The van der Waals surface area contributed by atoms with Gasteiger partial charge in [0, 0.05) is 18.7 Å². The fourth-order valence-electron chi connectivity index (χ4n) is 1.61. The van der Waals surface area contributed by atoms with Crippen LogP contribution in [0.5, 0.6) is 5.75 Å². The number of hydrogen-bond donors (Lipinski definition) is 3. The molecule has 0 heterocycles. The molecule has 0 saturated heterocycles. The van der Waals surface area contributed by atoms with Crippen molar-refractivity contribution in [1.29, 1.82) is 0 Å². The van der Waals surface area contributed by atoms with E-state index < -0.39 is 11.7 Å². The zero-order valence-electron chi connectivity index (χ0n) is 13.4. The van der Waals surface area contributed by atoms with Crippen molar-refractivity contribution in [3.8, 4) is 5.75 Å². The molecule has 0 spiro atoms. The molecule has 0 aliphatic rings. The van der Waals surface area contributed by atoms with Crippen LogP contribution in [0.15, 0.2) is 18.2 Å². The molecule has 0 aliphatic carbocycles. The summed E-state index contributed by atoms with van der Waals surface area (Å²) in [5, 5.41) is 5.24. The number of alkyl carbamates (subject to hydrolysis) is 1. The Labute approximate surface area is 130 Å². The SMILES string of the molecule is COc1cc(C(=O)NCCNC(=O)OC(C)(C)C)ccc1N. The summed E-state index contributed by atoms with van der Waals surface area (Å²) in [6.07, 6.45) is -0.518. The highest BCUT2D eigenvalue weighted by Crippen LogP contribution is 2.21. The van der Waals surface area contributed by atoms with Crippen molar-refractivity contribution >= 4 is 17.7 Å². The van der Waals surface area contributed by atoms with E-state index in [1.165, 1.54) is 7.11 Å². The first-order valence-electron chi connectivity index (χ1n) is 6.91. The number of methoxy groups -OCH3 is 1. The van der Waals surface area contributed by atoms with Gasteiger partial charge in [-0.05, 0) is 39.0 Å². The Hall–Kier alpha value is -2.44. The summed E-state index contributed by atoms with van der Waals surface area (Å²) >= 11 is 0. The molecule has 7 nitrogen and oxygen atoms in total. The second-order valence-electron chi connectivity index (χ2n) is 5.64. The van der Waals surface area contributed by atoms with Gasteiger partial charge in [-0.2, -0.15) is 0 Å². The smallest absolute Gasteiger partial charge is 0.407 e. The van der Waals surface area contributed by atoms with Gasteiger partial charge < -0.3 is 25.8 Å². The second-order valence-corrected chi connectivity index (χ2v) is 5.64. The molecule has 0 radical (unpaired) electrons. The molecule has 0 saturated carbocycles. The molecule has 0 aliphatic heterocycles. The summed E-state index contributed by atoms with van der Waals surface area (Å²) in [6.45, 7) is 5.89. The second kappa shape index (κ2) is 7.53. The van der Waals surface area contributed by atoms with E-state index in [1.807, 2.05) is 0 Å². The molecule has 2 amide bonds. The Kier molecular flexibility index (Phi) is 6.03. The van der Waals surface area contributed by atoms with Crippen LogP contribution in [-0.4, -0.2) is 37.8 Å². The number of amides is 2. The number of hydrogen-bond acceptors (Lipinski definition) is 5. The number of benzene rings is 1. The van der Waals surface area contributed by atoms with E-state index >= 15 is 0 Å². The van der Waals surface area contributed by atoms with Crippen molar-refractivity contribution in [2.75, 3.05) is 25.9 Å². The van der Waals surface area contributed by atoms with Crippen molar-refractivity contribution < 1.29 is 19.1 Å². The van der Waals surface area contributed by atoms with Gasteiger partial charge in [0.1, 0.15) is 11.4 Å². The van der Waals surface area contributed by atoms with Crippen LogP contribution in [0.3, 0.4) is 0 Å². The monoisotopic (exact) mass is 309 g/mol. The minimum absolute atomic E-state index is 0.271. The lowest BCUT2D eigenvalue weighted by Crippen LogP contribution is -2.37. The van der Waals surface area contributed by atoms with E-state index in [4.69, 9.17) is 15.2 Å². The third-order valence-corrected chi connectivity index (χ3v) is 2.57. The normalized spacial score (nSPS) is 10.7. The van der Waals surface area contributed by atoms with Gasteiger partial charge in [-0.1, -0.05) is 0 Å². The molecule has 122 valence electrons. The Balaban J connectivity index is 2.39. The van der Waals surface area contributed by atoms with Gasteiger partial charge in [-0.15, -0.1) is 0 Å². The molecule has 22 heavy (non-hydrogen) atoms. The minimum atomic E-state index is -0.548. The summed E-state index contributed by atoms with van der Waals surface area (Å²) in [5.41, 5.74) is 6.04. The molecular weight excluding hydrogens is 286 g/mol. The largest absolute Gasteiger partial charge is 0.495 e. The van der Waals surface area contributed by atoms with Crippen LogP contribution < -0.4 is 21.1 Å². The number of nitrogens with two attached hydrogens (primary N) is 1. The van der Waals surface area contributed by atoms with Crippen LogP contribution >= 0.6 is 0 Å². The maximum absolute atomic E-state index is 11.9. The molecule has 0 aromatic heterocycles. The molecule has 7 heteroatoms. The van der Waals surface area contributed by atoms with Gasteiger partial charge in [0.25, 0.3) is 5.91 Å². The fraction of sp³-hybridized carbons (Fsp3) is 0.467. The zero-order chi connectivity index (χ0) is 16.8. The maximum Gasteiger partial charge on any atom is 0.407 e. The highest BCUT2D eigenvalue weighted by Gasteiger charge is 2.15. The molecule has 1 rings (SSSR count). The summed E-state index contributed by atoms with van der Waals surface area (Å²) < 4.78 is 10.1. The molecule has 0 unspecified atom stereocenters. The van der Waals surface area contributed by atoms with E-state index in [1.54, 1.807) is 39.0 Å². The Morgan fingerprint density at radius 1 is 1.18 bits per heavy atom. The maximum atomic E-state index is 11.9. The van der Waals surface area contributed by atoms with E-state index in [0.717, 1.165) is 0 Å². The van der Waals surface area contributed by atoms with E-state index in [0.29, 0.717) is 17.0 Å². The lowest BCUT2D eigenvalue weighted by Gasteiger charge is -2.19. The van der Waals surface area contributed by atoms with E-state index in [9.17, 15) is 9.59 Å². The number of nitrogens with one attached hydrogen (secondary N) is 2. The van der Waals surface area contributed by atoms with Crippen LogP contribution in [-0.2, 0) is 4.74 Å². The van der Waals surface area contributed by atoms with Crippen LogP contribution in [0.1, 0.15) is 31.1 Å². The van der Waals surface area contributed by atoms with Crippen molar-refractivity contribution in [2.45, 2.75) is 26.4 Å². The van der Waals surface area contributed by atoms with Crippen LogP contribution in [0, 0.1) is 0 Å². The average molecular weight is 309 g/mol. The predicted octanol–water partition coefficient (Wildman–Crippen LogP) is 1.53. The molecule has 1 aromatic carbocycles. The predicted molar refractivity (Wildman–Crippen MR) is 84.0 cm³/mol. The van der Waals surface area contributed by atoms with Gasteiger partial charge in [-0.25, -0.2) is 4.79 Å². The molecule has 1 aromatic rings. The summed E-state index contributed by atoms with van der Waals surface area (Å²) in [6, 6.07) is 4.77. The number of nitrogen functional groups attached to an aromatic ring is 1. The quantitative estimate of drug-likeness (QED) is 0.565. The number of carbonyl (C=O) groups is 2. The average Bonchev–Trinajstić information content (AvgIpc) is 2.42. The first-order valence-corrected chi connectivity index (χ1v) is 6.91. The van der Waals surface area contributed by atoms with E-state index in [2.05, 4.69) is 10.6 Å². The number of anilines is 1. The van der Waals surface area contributed by atoms with Gasteiger partial charge >= 0.3 is 6.09 Å². The van der Waals surface area contributed by atoms with Crippen LogP contribution in [0.25, 0.3) is 0 Å². The minimum Gasteiger partial charge on any atom is -0.495 e. The Morgan fingerprint density at radius 3 is 2.41 bits per heavy atom. The van der Waals surface area contributed by atoms with Crippen LogP contribution in [0.2, 0.25) is 0 Å². The van der Waals surface area contributed by atoms with Crippen molar-refractivity contribution in [2.24, 2.45) is 0 Å².